The molecule has 0 amide bonds. The molecule has 0 aromatic carbocycles. The molecule has 5 N–H and O–H groups in total. The summed E-state index contributed by atoms with van der Waals surface area (Å²) in [6, 6.07) is 0. The number of aliphatic hydroxyl groups is 1. The number of aliphatic hydroxyl groups excluding tert-OH is 1. The van der Waals surface area contributed by atoms with Crippen LogP contribution in [-0.4, -0.2) is 21.5 Å². The van der Waals surface area contributed by atoms with E-state index in [0.717, 1.165) is 0 Å². The molecule has 74 valence electrons. The van der Waals surface area contributed by atoms with Crippen LogP contribution in [0.3, 0.4) is 0 Å². The lowest BCUT2D eigenvalue weighted by Gasteiger charge is -2.21. The topological polar surface area (TPSA) is 90.1 Å². The van der Waals surface area contributed by atoms with Crippen molar-refractivity contribution in [2.45, 2.75) is 20.4 Å². The van der Waals surface area contributed by atoms with Gasteiger partial charge in [-0.05, 0) is 0 Å². The SMILES string of the molecule is CC(C)(CO)Cn1ncc(N)c1N. The van der Waals surface area contributed by atoms with Crippen LogP contribution in [0.5, 0.6) is 0 Å². The van der Waals surface area contributed by atoms with Gasteiger partial charge in [0.1, 0.15) is 5.82 Å². The van der Waals surface area contributed by atoms with Gasteiger partial charge in [-0.25, -0.2) is 4.68 Å². The Hall–Kier alpha value is -1.23. The van der Waals surface area contributed by atoms with Crippen molar-refractivity contribution >= 4 is 11.5 Å². The summed E-state index contributed by atoms with van der Waals surface area (Å²) in [5.41, 5.74) is 11.4. The van der Waals surface area contributed by atoms with Gasteiger partial charge < -0.3 is 16.6 Å². The molecule has 0 unspecified atom stereocenters. The first-order chi connectivity index (χ1) is 5.96. The average Bonchev–Trinajstić information content (AvgIpc) is 2.36. The van der Waals surface area contributed by atoms with Gasteiger partial charge in [0.2, 0.25) is 0 Å². The van der Waals surface area contributed by atoms with Crippen LogP contribution in [0.25, 0.3) is 0 Å². The third-order valence-corrected chi connectivity index (χ3v) is 1.92. The van der Waals surface area contributed by atoms with Gasteiger partial charge in [0, 0.05) is 12.0 Å². The Morgan fingerprint density at radius 1 is 1.54 bits per heavy atom. The minimum atomic E-state index is -0.230. The van der Waals surface area contributed by atoms with Gasteiger partial charge in [-0.3, -0.25) is 0 Å². The van der Waals surface area contributed by atoms with Gasteiger partial charge in [0.05, 0.1) is 18.4 Å². The summed E-state index contributed by atoms with van der Waals surface area (Å²) in [4.78, 5) is 0. The largest absolute Gasteiger partial charge is 0.396 e. The lowest BCUT2D eigenvalue weighted by Crippen LogP contribution is -2.25. The van der Waals surface area contributed by atoms with E-state index in [2.05, 4.69) is 5.10 Å². The molecule has 1 aromatic rings. The van der Waals surface area contributed by atoms with Crippen LogP contribution in [-0.2, 0) is 6.54 Å². The Balaban J connectivity index is 2.80. The molecule has 0 spiro atoms. The van der Waals surface area contributed by atoms with Crippen LogP contribution in [0.4, 0.5) is 11.5 Å². The van der Waals surface area contributed by atoms with Gasteiger partial charge in [-0.1, -0.05) is 13.8 Å². The first-order valence-electron chi connectivity index (χ1n) is 4.14. The Morgan fingerprint density at radius 3 is 2.54 bits per heavy atom. The normalized spacial score (nSPS) is 11.9. The second-order valence-electron chi connectivity index (χ2n) is 3.97. The molecule has 0 bridgehead atoms. The number of rotatable bonds is 3. The molecule has 5 nitrogen and oxygen atoms in total. The van der Waals surface area contributed by atoms with Gasteiger partial charge in [0.15, 0.2) is 0 Å². The maximum Gasteiger partial charge on any atom is 0.145 e. The lowest BCUT2D eigenvalue weighted by atomic mass is 9.95. The van der Waals surface area contributed by atoms with Crippen molar-refractivity contribution in [1.82, 2.24) is 9.78 Å². The molecule has 0 aliphatic rings. The Bertz CT molecular complexity index is 292. The van der Waals surface area contributed by atoms with E-state index in [-0.39, 0.29) is 12.0 Å². The number of nitrogens with zero attached hydrogens (tertiary/aromatic N) is 2. The van der Waals surface area contributed by atoms with Crippen LogP contribution in [0.15, 0.2) is 6.20 Å². The quantitative estimate of drug-likeness (QED) is 0.620. The fraction of sp³-hybridized carbons (Fsp3) is 0.625. The van der Waals surface area contributed by atoms with Crippen LogP contribution < -0.4 is 11.5 Å². The number of anilines is 2. The molecule has 5 heteroatoms. The fourth-order valence-electron chi connectivity index (χ4n) is 0.991. The van der Waals surface area contributed by atoms with Crippen LogP contribution >= 0.6 is 0 Å². The first-order valence-corrected chi connectivity index (χ1v) is 4.14. The molecule has 0 fully saturated rings. The monoisotopic (exact) mass is 184 g/mol. The van der Waals surface area contributed by atoms with E-state index in [1.165, 1.54) is 6.20 Å². The van der Waals surface area contributed by atoms with E-state index >= 15 is 0 Å². The number of aromatic nitrogens is 2. The summed E-state index contributed by atoms with van der Waals surface area (Å²) < 4.78 is 1.60. The summed E-state index contributed by atoms with van der Waals surface area (Å²) in [6.07, 6.45) is 1.52. The third-order valence-electron chi connectivity index (χ3n) is 1.92. The molecule has 1 heterocycles. The Labute approximate surface area is 77.3 Å². The number of nitrogen functional groups attached to an aromatic ring is 2. The van der Waals surface area contributed by atoms with E-state index < -0.39 is 0 Å². The van der Waals surface area contributed by atoms with Crippen LogP contribution in [0.1, 0.15) is 13.8 Å². The summed E-state index contributed by atoms with van der Waals surface area (Å²) in [6.45, 7) is 4.52. The molecule has 0 saturated heterocycles. The minimum Gasteiger partial charge on any atom is -0.396 e. The maximum absolute atomic E-state index is 9.04. The zero-order chi connectivity index (χ0) is 10.1. The molecule has 1 rings (SSSR count). The molecule has 13 heavy (non-hydrogen) atoms. The van der Waals surface area contributed by atoms with Crippen molar-refractivity contribution in [3.63, 3.8) is 0 Å². The van der Waals surface area contributed by atoms with E-state index in [4.69, 9.17) is 16.6 Å². The highest BCUT2D eigenvalue weighted by molar-refractivity contribution is 5.56. The summed E-state index contributed by atoms with van der Waals surface area (Å²) in [5.74, 6) is 0.460. The molecular weight excluding hydrogens is 168 g/mol. The van der Waals surface area contributed by atoms with E-state index in [1.54, 1.807) is 4.68 Å². The number of hydrogen-bond donors (Lipinski definition) is 3. The number of hydrogen-bond acceptors (Lipinski definition) is 4. The highest BCUT2D eigenvalue weighted by Crippen LogP contribution is 2.21. The van der Waals surface area contributed by atoms with Gasteiger partial charge in [-0.2, -0.15) is 5.10 Å². The molecular formula is C8H16N4O. The molecule has 0 radical (unpaired) electrons. The van der Waals surface area contributed by atoms with Crippen LogP contribution in [0, 0.1) is 5.41 Å². The Morgan fingerprint density at radius 2 is 2.15 bits per heavy atom. The minimum absolute atomic E-state index is 0.0895. The first kappa shape index (κ1) is 9.85. The van der Waals surface area contributed by atoms with E-state index in [9.17, 15) is 0 Å². The zero-order valence-electron chi connectivity index (χ0n) is 7.99. The van der Waals surface area contributed by atoms with Crippen molar-refractivity contribution < 1.29 is 5.11 Å². The van der Waals surface area contributed by atoms with Crippen molar-refractivity contribution in [3.8, 4) is 0 Å². The second kappa shape index (κ2) is 3.26. The fourth-order valence-corrected chi connectivity index (χ4v) is 0.991. The molecule has 0 aliphatic carbocycles. The summed E-state index contributed by atoms with van der Waals surface area (Å²) in [5, 5.41) is 13.0. The predicted octanol–water partition coefficient (Wildman–Crippen LogP) is 0.0660. The van der Waals surface area contributed by atoms with Crippen molar-refractivity contribution in [2.75, 3.05) is 18.1 Å². The number of nitrogens with two attached hydrogens (primary N) is 2. The molecule has 0 aliphatic heterocycles. The van der Waals surface area contributed by atoms with Gasteiger partial charge in [-0.15, -0.1) is 0 Å². The van der Waals surface area contributed by atoms with E-state index in [0.29, 0.717) is 18.1 Å². The molecule has 0 atom stereocenters. The Kier molecular flexibility index (Phi) is 2.47. The van der Waals surface area contributed by atoms with Crippen LogP contribution in [0.2, 0.25) is 0 Å². The standard InChI is InChI=1S/C8H16N4O/c1-8(2,5-13)4-12-7(10)6(9)3-11-12/h3,13H,4-5,9-10H2,1-2H3. The zero-order valence-corrected chi connectivity index (χ0v) is 7.99. The third kappa shape index (κ3) is 2.12. The molecule has 0 saturated carbocycles. The van der Waals surface area contributed by atoms with Crippen molar-refractivity contribution in [2.24, 2.45) is 5.41 Å². The highest BCUT2D eigenvalue weighted by Gasteiger charge is 2.19. The second-order valence-corrected chi connectivity index (χ2v) is 3.97. The summed E-state index contributed by atoms with van der Waals surface area (Å²) >= 11 is 0. The molecule has 1 aromatic heterocycles. The van der Waals surface area contributed by atoms with Crippen molar-refractivity contribution in [3.05, 3.63) is 6.20 Å². The average molecular weight is 184 g/mol. The van der Waals surface area contributed by atoms with Gasteiger partial charge >= 0.3 is 0 Å². The van der Waals surface area contributed by atoms with Crippen molar-refractivity contribution in [1.29, 1.82) is 0 Å². The lowest BCUT2D eigenvalue weighted by molar-refractivity contribution is 0.137. The smallest absolute Gasteiger partial charge is 0.145 e. The maximum atomic E-state index is 9.04. The summed E-state index contributed by atoms with van der Waals surface area (Å²) in [7, 11) is 0. The predicted molar refractivity (Wildman–Crippen MR) is 51.9 cm³/mol. The highest BCUT2D eigenvalue weighted by atomic mass is 16.3. The van der Waals surface area contributed by atoms with E-state index in [1.807, 2.05) is 13.8 Å². The van der Waals surface area contributed by atoms with Gasteiger partial charge in [0.25, 0.3) is 0 Å².